The summed E-state index contributed by atoms with van der Waals surface area (Å²) < 4.78 is 0. The van der Waals surface area contributed by atoms with Crippen molar-refractivity contribution in [1.29, 1.82) is 0 Å². The first kappa shape index (κ1) is 14.1. The van der Waals surface area contributed by atoms with Gasteiger partial charge in [0.15, 0.2) is 0 Å². The largest absolute Gasteiger partial charge is 0.399 e. The minimum Gasteiger partial charge on any atom is -0.399 e. The normalized spacial score (nSPS) is 8.23. The van der Waals surface area contributed by atoms with Gasteiger partial charge in [0.05, 0.1) is 11.1 Å². The van der Waals surface area contributed by atoms with Gasteiger partial charge in [0.25, 0.3) is 0 Å². The fraction of sp³-hybridized carbons (Fsp3) is 0.545. The van der Waals surface area contributed by atoms with E-state index in [0.717, 1.165) is 5.71 Å². The molecule has 2 heteroatoms. The third kappa shape index (κ3) is 13.6. The Bertz CT molecular complexity index is 218. The van der Waals surface area contributed by atoms with Crippen LogP contribution in [0.3, 0.4) is 0 Å². The van der Waals surface area contributed by atoms with Crippen molar-refractivity contribution in [3.63, 3.8) is 0 Å². The van der Waals surface area contributed by atoms with Gasteiger partial charge in [-0.1, -0.05) is 17.0 Å². The molecule has 0 saturated heterocycles. The standard InChI is InChI=1S/C7H8.C4H9NO/c1-5-7(3,4)6-2;1-4(2)5-6-3/h1-2H,3-4H3;1-3H3. The maximum Gasteiger partial charge on any atom is 0.106 e. The minimum atomic E-state index is -0.361. The van der Waals surface area contributed by atoms with Gasteiger partial charge in [0, 0.05) is 0 Å². The third-order valence-electron chi connectivity index (χ3n) is 0.996. The van der Waals surface area contributed by atoms with E-state index in [-0.39, 0.29) is 5.41 Å². The van der Waals surface area contributed by atoms with E-state index in [9.17, 15) is 0 Å². The molecular formula is C11H17NO. The number of hydrogen-bond donors (Lipinski definition) is 0. The average Bonchev–Trinajstić information content (AvgIpc) is 2.05. The first-order valence-electron chi connectivity index (χ1n) is 3.89. The smallest absolute Gasteiger partial charge is 0.106 e. The number of terminal acetylenes is 2. The summed E-state index contributed by atoms with van der Waals surface area (Å²) in [4.78, 5) is 4.39. The summed E-state index contributed by atoms with van der Waals surface area (Å²) in [5, 5.41) is 3.54. The lowest BCUT2D eigenvalue weighted by Gasteiger charge is -2.04. The first-order valence-corrected chi connectivity index (χ1v) is 3.89. The van der Waals surface area contributed by atoms with Gasteiger partial charge in [-0.2, -0.15) is 0 Å². The van der Waals surface area contributed by atoms with Crippen LogP contribution in [0.15, 0.2) is 5.16 Å². The van der Waals surface area contributed by atoms with Gasteiger partial charge in [-0.25, -0.2) is 0 Å². The van der Waals surface area contributed by atoms with Crippen molar-refractivity contribution < 1.29 is 4.84 Å². The van der Waals surface area contributed by atoms with Gasteiger partial charge in [0.1, 0.15) is 7.11 Å². The van der Waals surface area contributed by atoms with Gasteiger partial charge >= 0.3 is 0 Å². The highest BCUT2D eigenvalue weighted by Gasteiger charge is 2.05. The molecule has 0 rings (SSSR count). The number of oxime groups is 1. The highest BCUT2D eigenvalue weighted by atomic mass is 16.6. The number of hydrogen-bond acceptors (Lipinski definition) is 2. The lowest BCUT2D eigenvalue weighted by molar-refractivity contribution is 0.213. The van der Waals surface area contributed by atoms with E-state index in [1.54, 1.807) is 0 Å². The zero-order chi connectivity index (χ0) is 10.9. The second-order valence-electron chi connectivity index (χ2n) is 3.13. The van der Waals surface area contributed by atoms with Crippen molar-refractivity contribution in [1.82, 2.24) is 0 Å². The topological polar surface area (TPSA) is 21.6 Å². The van der Waals surface area contributed by atoms with Crippen LogP contribution in [0.5, 0.6) is 0 Å². The summed E-state index contributed by atoms with van der Waals surface area (Å²) >= 11 is 0. The van der Waals surface area contributed by atoms with E-state index in [4.69, 9.17) is 12.8 Å². The summed E-state index contributed by atoms with van der Waals surface area (Å²) in [7, 11) is 1.53. The zero-order valence-corrected chi connectivity index (χ0v) is 9.01. The number of rotatable bonds is 1. The molecule has 0 aliphatic heterocycles. The SMILES string of the molecule is C#CC(C)(C)C#C.CON=C(C)C. The first-order chi connectivity index (χ1) is 5.89. The Labute approximate surface area is 81.4 Å². The maximum absolute atomic E-state index is 5.02. The van der Waals surface area contributed by atoms with Crippen LogP contribution in [-0.4, -0.2) is 12.8 Å². The van der Waals surface area contributed by atoms with Crippen LogP contribution in [0, 0.1) is 30.1 Å². The molecule has 2 nitrogen and oxygen atoms in total. The second-order valence-corrected chi connectivity index (χ2v) is 3.13. The van der Waals surface area contributed by atoms with Crippen molar-refractivity contribution in [2.24, 2.45) is 10.6 Å². The summed E-state index contributed by atoms with van der Waals surface area (Å²) in [6, 6.07) is 0. The minimum absolute atomic E-state index is 0.361. The van der Waals surface area contributed by atoms with Crippen molar-refractivity contribution >= 4 is 5.71 Å². The van der Waals surface area contributed by atoms with Crippen LogP contribution in [0.2, 0.25) is 0 Å². The molecule has 0 aromatic heterocycles. The summed E-state index contributed by atoms with van der Waals surface area (Å²) in [5.41, 5.74) is 0.581. The Morgan fingerprint density at radius 2 is 1.62 bits per heavy atom. The molecule has 0 aliphatic rings. The monoisotopic (exact) mass is 179 g/mol. The molecule has 0 heterocycles. The molecular weight excluding hydrogens is 162 g/mol. The molecule has 72 valence electrons. The van der Waals surface area contributed by atoms with Gasteiger partial charge in [-0.15, -0.1) is 12.8 Å². The molecule has 0 radical (unpaired) electrons. The van der Waals surface area contributed by atoms with E-state index in [1.165, 1.54) is 7.11 Å². The summed E-state index contributed by atoms with van der Waals surface area (Å²) in [6.07, 6.45) is 10.0. The quantitative estimate of drug-likeness (QED) is 0.344. The maximum atomic E-state index is 5.02. The van der Waals surface area contributed by atoms with Crippen LogP contribution in [-0.2, 0) is 4.84 Å². The predicted octanol–water partition coefficient (Wildman–Crippen LogP) is 2.31. The molecule has 0 spiro atoms. The van der Waals surface area contributed by atoms with Crippen LogP contribution in [0.4, 0.5) is 0 Å². The fourth-order valence-corrected chi connectivity index (χ4v) is 0.224. The third-order valence-corrected chi connectivity index (χ3v) is 0.996. The average molecular weight is 179 g/mol. The van der Waals surface area contributed by atoms with Crippen LogP contribution in [0.25, 0.3) is 0 Å². The highest BCUT2D eigenvalue weighted by molar-refractivity contribution is 5.78. The van der Waals surface area contributed by atoms with Crippen molar-refractivity contribution in [3.8, 4) is 24.7 Å². The van der Waals surface area contributed by atoms with Crippen LogP contribution in [0.1, 0.15) is 27.7 Å². The Hall–Kier alpha value is -1.41. The Morgan fingerprint density at radius 3 is 1.62 bits per heavy atom. The molecule has 0 bridgehead atoms. The van der Waals surface area contributed by atoms with Crippen LogP contribution >= 0.6 is 0 Å². The predicted molar refractivity (Wildman–Crippen MR) is 57.2 cm³/mol. The highest BCUT2D eigenvalue weighted by Crippen LogP contribution is 2.08. The molecule has 0 N–H and O–H groups in total. The number of nitrogens with zero attached hydrogens (tertiary/aromatic N) is 1. The van der Waals surface area contributed by atoms with Crippen molar-refractivity contribution in [2.45, 2.75) is 27.7 Å². The van der Waals surface area contributed by atoms with Gasteiger partial charge in [0.2, 0.25) is 0 Å². The summed E-state index contributed by atoms with van der Waals surface area (Å²) in [6.45, 7) is 7.41. The molecule has 0 aliphatic carbocycles. The Balaban J connectivity index is 0. The van der Waals surface area contributed by atoms with Gasteiger partial charge in [-0.05, 0) is 27.7 Å². The lowest BCUT2D eigenvalue weighted by atomic mass is 9.97. The van der Waals surface area contributed by atoms with Crippen molar-refractivity contribution in [3.05, 3.63) is 0 Å². The van der Waals surface area contributed by atoms with Gasteiger partial charge in [-0.3, -0.25) is 0 Å². The molecule has 13 heavy (non-hydrogen) atoms. The molecule has 0 fully saturated rings. The summed E-state index contributed by atoms with van der Waals surface area (Å²) in [5.74, 6) is 4.91. The van der Waals surface area contributed by atoms with E-state index in [2.05, 4.69) is 21.8 Å². The molecule has 0 saturated carbocycles. The second kappa shape index (κ2) is 7.25. The Kier molecular flexibility index (Phi) is 7.88. The van der Waals surface area contributed by atoms with E-state index >= 15 is 0 Å². The molecule has 0 atom stereocenters. The van der Waals surface area contributed by atoms with Crippen molar-refractivity contribution in [2.75, 3.05) is 7.11 Å². The van der Waals surface area contributed by atoms with Crippen LogP contribution < -0.4 is 0 Å². The zero-order valence-electron chi connectivity index (χ0n) is 9.01. The fourth-order valence-electron chi connectivity index (χ4n) is 0.224. The molecule has 0 aromatic carbocycles. The van der Waals surface area contributed by atoms with E-state index in [1.807, 2.05) is 27.7 Å². The lowest BCUT2D eigenvalue weighted by Crippen LogP contribution is -2.01. The molecule has 0 unspecified atom stereocenters. The van der Waals surface area contributed by atoms with E-state index in [0.29, 0.717) is 0 Å². The Morgan fingerprint density at radius 1 is 1.23 bits per heavy atom. The van der Waals surface area contributed by atoms with Gasteiger partial charge < -0.3 is 4.84 Å². The molecule has 0 amide bonds. The molecule has 0 aromatic rings. The van der Waals surface area contributed by atoms with E-state index < -0.39 is 0 Å².